The average molecular weight is 294 g/mol. The van der Waals surface area contributed by atoms with Crippen LogP contribution in [0.1, 0.15) is 4.11 Å². The van der Waals surface area contributed by atoms with E-state index < -0.39 is 6.98 Å². The van der Waals surface area contributed by atoms with Gasteiger partial charge in [-0.3, -0.25) is 0 Å². The Morgan fingerprint density at radius 2 is 2.18 bits per heavy atom. The molecule has 4 aromatic heterocycles. The number of nitrogens with one attached hydrogen (secondary N) is 1. The van der Waals surface area contributed by atoms with Crippen molar-refractivity contribution in [1.82, 2.24) is 24.6 Å². The molecule has 0 fully saturated rings. The lowest BCUT2D eigenvalue weighted by molar-refractivity contribution is 0.966. The third kappa shape index (κ3) is 1.83. The molecule has 22 heavy (non-hydrogen) atoms. The minimum atomic E-state index is -2.37. The van der Waals surface area contributed by atoms with Gasteiger partial charge in [-0.2, -0.15) is 0 Å². The highest BCUT2D eigenvalue weighted by atomic mass is 15.3. The van der Waals surface area contributed by atoms with Crippen molar-refractivity contribution in [1.29, 1.82) is 0 Å². The molecule has 7 nitrogen and oxygen atoms in total. The number of pyridine rings is 3. The lowest BCUT2D eigenvalue weighted by atomic mass is 10.1. The summed E-state index contributed by atoms with van der Waals surface area (Å²) in [5.74, 6) is 0.980. The first-order chi connectivity index (χ1) is 11.9. The van der Waals surface area contributed by atoms with E-state index in [-0.39, 0.29) is 5.82 Å². The van der Waals surface area contributed by atoms with Crippen LogP contribution in [0.2, 0.25) is 0 Å². The maximum atomic E-state index is 7.39. The first kappa shape index (κ1) is 9.67. The predicted molar refractivity (Wildman–Crippen MR) is 85.5 cm³/mol. The van der Waals surface area contributed by atoms with Gasteiger partial charge in [0.2, 0.25) is 0 Å². The van der Waals surface area contributed by atoms with Gasteiger partial charge in [-0.1, -0.05) is 6.07 Å². The summed E-state index contributed by atoms with van der Waals surface area (Å²) in [4.78, 5) is 12.8. The van der Waals surface area contributed by atoms with Gasteiger partial charge >= 0.3 is 0 Å². The standard InChI is InChI=1S/C15H13N7/c1-17-14-10-7-18-12(16)6-9(10)11(8-19-14)15-20-13-4-2-3-5-22(13)21-15/h2-8H,1H3,(H2,16,18)(H,17,19)/i1D3. The van der Waals surface area contributed by atoms with Crippen molar-refractivity contribution in [2.75, 3.05) is 18.0 Å². The van der Waals surface area contributed by atoms with Gasteiger partial charge in [0.25, 0.3) is 0 Å². The molecular formula is C15H13N7. The summed E-state index contributed by atoms with van der Waals surface area (Å²) in [5.41, 5.74) is 7.15. The van der Waals surface area contributed by atoms with E-state index in [1.807, 2.05) is 18.2 Å². The van der Waals surface area contributed by atoms with Crippen LogP contribution in [-0.4, -0.2) is 31.5 Å². The van der Waals surface area contributed by atoms with E-state index in [0.717, 1.165) is 0 Å². The molecule has 0 aliphatic rings. The van der Waals surface area contributed by atoms with Gasteiger partial charge in [0.1, 0.15) is 11.6 Å². The molecule has 0 saturated heterocycles. The van der Waals surface area contributed by atoms with Crippen LogP contribution in [0.25, 0.3) is 27.8 Å². The predicted octanol–water partition coefficient (Wildman–Crippen LogP) is 1.96. The number of hydrogen-bond acceptors (Lipinski definition) is 6. The molecule has 0 bridgehead atoms. The number of nitrogen functional groups attached to an aromatic ring is 1. The Hall–Kier alpha value is -3.22. The maximum absolute atomic E-state index is 7.39. The third-order valence-electron chi connectivity index (χ3n) is 3.39. The Morgan fingerprint density at radius 1 is 1.23 bits per heavy atom. The summed E-state index contributed by atoms with van der Waals surface area (Å²) in [6.45, 7) is -2.37. The fourth-order valence-corrected chi connectivity index (χ4v) is 2.37. The van der Waals surface area contributed by atoms with Gasteiger partial charge in [-0.25, -0.2) is 19.5 Å². The molecule has 7 heteroatoms. The summed E-state index contributed by atoms with van der Waals surface area (Å²) in [6, 6.07) is 7.22. The lowest BCUT2D eigenvalue weighted by Gasteiger charge is -2.08. The maximum Gasteiger partial charge on any atom is 0.184 e. The highest BCUT2D eigenvalue weighted by Crippen LogP contribution is 2.30. The SMILES string of the molecule is [2H]C([2H])([2H])Nc1ncc(-c2nc3ccccn3n2)c2cc(N)ncc12. The Labute approximate surface area is 130 Å². The van der Waals surface area contributed by atoms with Gasteiger partial charge in [-0.15, -0.1) is 5.10 Å². The van der Waals surface area contributed by atoms with Crippen LogP contribution in [-0.2, 0) is 0 Å². The Kier molecular flexibility index (Phi) is 2.05. The molecule has 4 heterocycles. The molecule has 0 aliphatic heterocycles. The molecule has 0 atom stereocenters. The topological polar surface area (TPSA) is 94.0 Å². The number of rotatable bonds is 2. The largest absolute Gasteiger partial charge is 0.384 e. The molecule has 0 amide bonds. The Balaban J connectivity index is 1.95. The van der Waals surface area contributed by atoms with Crippen LogP contribution in [0.3, 0.4) is 0 Å². The quantitative estimate of drug-likeness (QED) is 0.587. The van der Waals surface area contributed by atoms with E-state index >= 15 is 0 Å². The van der Waals surface area contributed by atoms with E-state index in [1.165, 1.54) is 12.4 Å². The molecule has 3 N–H and O–H groups in total. The van der Waals surface area contributed by atoms with Crippen LogP contribution in [0.15, 0.2) is 42.9 Å². The van der Waals surface area contributed by atoms with Crippen molar-refractivity contribution >= 4 is 28.1 Å². The zero-order valence-corrected chi connectivity index (χ0v) is 11.4. The van der Waals surface area contributed by atoms with Gasteiger partial charge in [0, 0.05) is 46.0 Å². The number of nitrogens with two attached hydrogens (primary N) is 1. The van der Waals surface area contributed by atoms with E-state index in [2.05, 4.69) is 25.4 Å². The van der Waals surface area contributed by atoms with Gasteiger partial charge in [0.15, 0.2) is 11.5 Å². The Morgan fingerprint density at radius 3 is 3.05 bits per heavy atom. The van der Waals surface area contributed by atoms with Crippen molar-refractivity contribution in [2.24, 2.45) is 0 Å². The highest BCUT2D eigenvalue weighted by Gasteiger charge is 2.13. The second kappa shape index (κ2) is 4.66. The monoisotopic (exact) mass is 294 g/mol. The summed E-state index contributed by atoms with van der Waals surface area (Å²) in [6.07, 6.45) is 4.82. The fourth-order valence-electron chi connectivity index (χ4n) is 2.37. The van der Waals surface area contributed by atoms with Crippen molar-refractivity contribution in [3.05, 3.63) is 42.9 Å². The first-order valence-corrected chi connectivity index (χ1v) is 6.55. The molecule has 0 aromatic carbocycles. The van der Waals surface area contributed by atoms with Crippen LogP contribution in [0.5, 0.6) is 0 Å². The van der Waals surface area contributed by atoms with Crippen molar-refractivity contribution in [3.63, 3.8) is 0 Å². The van der Waals surface area contributed by atoms with Crippen LogP contribution in [0.4, 0.5) is 11.6 Å². The van der Waals surface area contributed by atoms with Crippen LogP contribution in [0, 0.1) is 0 Å². The van der Waals surface area contributed by atoms with Crippen molar-refractivity contribution in [3.8, 4) is 11.4 Å². The fraction of sp³-hybridized carbons (Fsp3) is 0.0667. The minimum Gasteiger partial charge on any atom is -0.384 e. The number of nitrogens with zero attached hydrogens (tertiary/aromatic N) is 5. The normalized spacial score (nSPS) is 13.7. The van der Waals surface area contributed by atoms with E-state index in [4.69, 9.17) is 9.85 Å². The second-order valence-corrected chi connectivity index (χ2v) is 4.74. The third-order valence-corrected chi connectivity index (χ3v) is 3.39. The van der Waals surface area contributed by atoms with Crippen molar-refractivity contribution in [2.45, 2.75) is 0 Å². The van der Waals surface area contributed by atoms with Gasteiger partial charge in [0.05, 0.1) is 0 Å². The summed E-state index contributed by atoms with van der Waals surface area (Å²) < 4.78 is 23.8. The molecule has 0 unspecified atom stereocenters. The van der Waals surface area contributed by atoms with Gasteiger partial charge in [-0.05, 0) is 18.2 Å². The number of anilines is 2. The van der Waals surface area contributed by atoms with Crippen LogP contribution < -0.4 is 11.1 Å². The van der Waals surface area contributed by atoms with Crippen molar-refractivity contribution < 1.29 is 4.11 Å². The van der Waals surface area contributed by atoms with Gasteiger partial charge < -0.3 is 11.1 Å². The number of aromatic nitrogens is 5. The van der Waals surface area contributed by atoms with E-state index in [9.17, 15) is 0 Å². The minimum absolute atomic E-state index is 0.204. The molecule has 108 valence electrons. The van der Waals surface area contributed by atoms with E-state index in [0.29, 0.717) is 33.6 Å². The zero-order chi connectivity index (χ0) is 17.6. The molecule has 4 rings (SSSR count). The molecule has 0 saturated carbocycles. The second-order valence-electron chi connectivity index (χ2n) is 4.74. The summed E-state index contributed by atoms with van der Waals surface area (Å²) in [5, 5.41) is 8.05. The smallest absolute Gasteiger partial charge is 0.184 e. The highest BCUT2D eigenvalue weighted by molar-refractivity contribution is 6.01. The lowest BCUT2D eigenvalue weighted by Crippen LogP contribution is -1.98. The summed E-state index contributed by atoms with van der Waals surface area (Å²) >= 11 is 0. The Bertz CT molecular complexity index is 1050. The number of hydrogen-bond donors (Lipinski definition) is 2. The first-order valence-electron chi connectivity index (χ1n) is 8.05. The molecule has 4 aromatic rings. The summed E-state index contributed by atoms with van der Waals surface area (Å²) in [7, 11) is 0. The molecular weight excluding hydrogens is 278 g/mol. The molecule has 0 aliphatic carbocycles. The van der Waals surface area contributed by atoms with E-state index in [1.54, 1.807) is 16.8 Å². The van der Waals surface area contributed by atoms with Crippen LogP contribution >= 0.6 is 0 Å². The zero-order valence-electron chi connectivity index (χ0n) is 14.4. The average Bonchev–Trinajstić information content (AvgIpc) is 2.97. The molecule has 0 spiro atoms. The number of fused-ring (bicyclic) bond motifs is 2. The molecule has 0 radical (unpaired) electrons.